The summed E-state index contributed by atoms with van der Waals surface area (Å²) in [5.41, 5.74) is 0.797. The number of carbonyl (C=O) groups is 2. The van der Waals surface area contributed by atoms with Gasteiger partial charge in [-0.1, -0.05) is 36.4 Å². The van der Waals surface area contributed by atoms with E-state index >= 15 is 0 Å². The van der Waals surface area contributed by atoms with Crippen molar-refractivity contribution in [3.8, 4) is 0 Å². The smallest absolute Gasteiger partial charge is 0.327 e. The van der Waals surface area contributed by atoms with E-state index < -0.39 is 11.6 Å². The van der Waals surface area contributed by atoms with Crippen LogP contribution in [-0.2, 0) is 4.79 Å². The van der Waals surface area contributed by atoms with Gasteiger partial charge in [-0.05, 0) is 43.7 Å². The van der Waals surface area contributed by atoms with E-state index in [1.807, 2.05) is 25.1 Å². The molecule has 0 bridgehead atoms. The summed E-state index contributed by atoms with van der Waals surface area (Å²) < 4.78 is 0. The molecule has 1 aliphatic heterocycles. The van der Waals surface area contributed by atoms with Crippen molar-refractivity contribution in [2.24, 2.45) is 0 Å². The van der Waals surface area contributed by atoms with E-state index in [0.717, 1.165) is 31.3 Å². The minimum Gasteiger partial charge on any atom is -0.387 e. The molecule has 24 heavy (non-hydrogen) atoms. The van der Waals surface area contributed by atoms with Gasteiger partial charge in [0, 0.05) is 7.05 Å². The molecule has 0 radical (unpaired) electrons. The molecule has 2 atom stereocenters. The lowest BCUT2D eigenvalue weighted by Gasteiger charge is -2.33. The van der Waals surface area contributed by atoms with Gasteiger partial charge in [0.05, 0.1) is 12.6 Å². The van der Waals surface area contributed by atoms with Gasteiger partial charge in [-0.25, -0.2) is 4.79 Å². The molecule has 1 aliphatic carbocycles. The van der Waals surface area contributed by atoms with E-state index in [2.05, 4.69) is 6.08 Å². The minimum atomic E-state index is -0.923. The average Bonchev–Trinajstić information content (AvgIpc) is 2.79. The number of aliphatic hydroxyl groups excluding tert-OH is 1. The first-order chi connectivity index (χ1) is 11.5. The lowest BCUT2D eigenvalue weighted by atomic mass is 9.83. The maximum Gasteiger partial charge on any atom is 0.327 e. The number of allylic oxidation sites excluding steroid dienone is 1. The van der Waals surface area contributed by atoms with E-state index in [4.69, 9.17) is 0 Å². The molecule has 2 aliphatic rings. The highest BCUT2D eigenvalue weighted by atomic mass is 16.3. The van der Waals surface area contributed by atoms with Gasteiger partial charge >= 0.3 is 6.03 Å². The molecular weight excluding hydrogens is 304 g/mol. The van der Waals surface area contributed by atoms with Crippen LogP contribution in [0.5, 0.6) is 0 Å². The van der Waals surface area contributed by atoms with Crippen molar-refractivity contribution in [3.05, 3.63) is 47.5 Å². The van der Waals surface area contributed by atoms with E-state index in [9.17, 15) is 14.7 Å². The van der Waals surface area contributed by atoms with Crippen LogP contribution in [0.1, 0.15) is 44.3 Å². The Kier molecular flexibility index (Phi) is 4.45. The SMILES string of the molecule is CN1C(=O)N(CC(O)c2ccccc2)C(=O)C1(C)C1=CCCCC1. The Balaban J connectivity index is 1.84. The van der Waals surface area contributed by atoms with Crippen LogP contribution in [-0.4, -0.2) is 46.0 Å². The molecule has 128 valence electrons. The summed E-state index contributed by atoms with van der Waals surface area (Å²) in [5.74, 6) is -0.238. The number of rotatable bonds is 4. The second kappa shape index (κ2) is 6.40. The molecule has 1 saturated heterocycles. The molecular formula is C19H24N2O3. The van der Waals surface area contributed by atoms with Crippen molar-refractivity contribution in [3.63, 3.8) is 0 Å². The van der Waals surface area contributed by atoms with E-state index in [1.54, 1.807) is 19.2 Å². The number of nitrogens with zero attached hydrogens (tertiary/aromatic N) is 2. The standard InChI is InChI=1S/C19H24N2O3/c1-19(15-11-7-4-8-12-15)17(23)21(18(24)20(19)2)13-16(22)14-9-5-3-6-10-14/h3,5-6,9-11,16,22H,4,7-8,12-13H2,1-2H3. The van der Waals surface area contributed by atoms with Gasteiger partial charge in [0.2, 0.25) is 0 Å². The Morgan fingerprint density at radius 3 is 2.54 bits per heavy atom. The molecule has 5 nitrogen and oxygen atoms in total. The fraction of sp³-hybridized carbons (Fsp3) is 0.474. The average molecular weight is 328 g/mol. The van der Waals surface area contributed by atoms with Crippen LogP contribution in [0.15, 0.2) is 42.0 Å². The molecule has 2 unspecified atom stereocenters. The lowest BCUT2D eigenvalue weighted by molar-refractivity contribution is -0.131. The van der Waals surface area contributed by atoms with E-state index in [0.29, 0.717) is 5.56 Å². The molecule has 3 rings (SSSR count). The summed E-state index contributed by atoms with van der Waals surface area (Å²) in [7, 11) is 1.67. The van der Waals surface area contributed by atoms with E-state index in [1.165, 1.54) is 9.80 Å². The predicted octanol–water partition coefficient (Wildman–Crippen LogP) is 2.87. The number of imide groups is 1. The normalized spacial score (nSPS) is 25.9. The zero-order chi connectivity index (χ0) is 17.3. The number of carbonyl (C=O) groups excluding carboxylic acids is 2. The van der Waals surface area contributed by atoms with Gasteiger partial charge in [-0.2, -0.15) is 0 Å². The second-order valence-corrected chi connectivity index (χ2v) is 6.73. The van der Waals surface area contributed by atoms with Gasteiger partial charge in [0.1, 0.15) is 5.54 Å². The molecule has 1 N–H and O–H groups in total. The number of likely N-dealkylation sites (N-methyl/N-ethyl adjacent to an activating group) is 1. The third kappa shape index (κ3) is 2.63. The summed E-state index contributed by atoms with van der Waals surface area (Å²) in [6, 6.07) is 8.77. The molecule has 5 heteroatoms. The maximum atomic E-state index is 13.0. The Morgan fingerprint density at radius 2 is 1.92 bits per heavy atom. The molecule has 0 saturated carbocycles. The van der Waals surface area contributed by atoms with Crippen molar-refractivity contribution in [1.82, 2.24) is 9.80 Å². The fourth-order valence-electron chi connectivity index (χ4n) is 3.61. The van der Waals surface area contributed by atoms with Crippen LogP contribution < -0.4 is 0 Å². The number of β-amino-alcohol motifs (C(OH)–C–C–N with tert-alkyl or cyclic N) is 1. The third-order valence-electron chi connectivity index (χ3n) is 5.31. The lowest BCUT2D eigenvalue weighted by Crippen LogP contribution is -2.47. The quantitative estimate of drug-likeness (QED) is 0.683. The van der Waals surface area contributed by atoms with Crippen molar-refractivity contribution in [1.29, 1.82) is 0 Å². The summed E-state index contributed by atoms with van der Waals surface area (Å²) >= 11 is 0. The fourth-order valence-corrected chi connectivity index (χ4v) is 3.61. The zero-order valence-corrected chi connectivity index (χ0v) is 14.2. The van der Waals surface area contributed by atoms with Crippen LogP contribution in [0, 0.1) is 0 Å². The minimum absolute atomic E-state index is 0.0190. The van der Waals surface area contributed by atoms with Crippen LogP contribution in [0.3, 0.4) is 0 Å². The van der Waals surface area contributed by atoms with Gasteiger partial charge in [-0.15, -0.1) is 0 Å². The molecule has 1 heterocycles. The van der Waals surface area contributed by atoms with Crippen LogP contribution in [0.4, 0.5) is 4.79 Å². The van der Waals surface area contributed by atoms with Gasteiger partial charge in [-0.3, -0.25) is 9.69 Å². The topological polar surface area (TPSA) is 60.9 Å². The first-order valence-corrected chi connectivity index (χ1v) is 8.48. The first-order valence-electron chi connectivity index (χ1n) is 8.48. The number of amides is 3. The Bertz CT molecular complexity index is 670. The second-order valence-electron chi connectivity index (χ2n) is 6.73. The number of hydrogen-bond acceptors (Lipinski definition) is 3. The molecule has 1 fully saturated rings. The third-order valence-corrected chi connectivity index (χ3v) is 5.31. The number of aliphatic hydroxyl groups is 1. The maximum absolute atomic E-state index is 13.0. The van der Waals surface area contributed by atoms with Crippen molar-refractivity contribution in [2.75, 3.05) is 13.6 Å². The number of hydrogen-bond donors (Lipinski definition) is 1. The van der Waals surface area contributed by atoms with Crippen molar-refractivity contribution >= 4 is 11.9 Å². The van der Waals surface area contributed by atoms with Gasteiger partial charge in [0.15, 0.2) is 0 Å². The number of benzene rings is 1. The monoisotopic (exact) mass is 328 g/mol. The summed E-state index contributed by atoms with van der Waals surface area (Å²) in [4.78, 5) is 28.4. The van der Waals surface area contributed by atoms with Crippen LogP contribution >= 0.6 is 0 Å². The largest absolute Gasteiger partial charge is 0.387 e. The van der Waals surface area contributed by atoms with Crippen LogP contribution in [0.25, 0.3) is 0 Å². The zero-order valence-electron chi connectivity index (χ0n) is 14.2. The Hall–Kier alpha value is -2.14. The molecule has 1 aromatic rings. The predicted molar refractivity (Wildman–Crippen MR) is 91.2 cm³/mol. The Morgan fingerprint density at radius 1 is 1.21 bits per heavy atom. The number of urea groups is 1. The Labute approximate surface area is 142 Å². The van der Waals surface area contributed by atoms with E-state index in [-0.39, 0.29) is 18.5 Å². The molecule has 3 amide bonds. The van der Waals surface area contributed by atoms with Crippen molar-refractivity contribution in [2.45, 2.75) is 44.2 Å². The molecule has 1 aromatic carbocycles. The molecule has 0 spiro atoms. The summed E-state index contributed by atoms with van der Waals surface area (Å²) in [5, 5.41) is 10.4. The van der Waals surface area contributed by atoms with Crippen LogP contribution in [0.2, 0.25) is 0 Å². The highest BCUT2D eigenvalue weighted by molar-refractivity contribution is 6.08. The first kappa shape index (κ1) is 16.7. The van der Waals surface area contributed by atoms with Gasteiger partial charge in [0.25, 0.3) is 5.91 Å². The summed E-state index contributed by atoms with van der Waals surface area (Å²) in [6.07, 6.45) is 5.19. The van der Waals surface area contributed by atoms with Crippen molar-refractivity contribution < 1.29 is 14.7 Å². The highest BCUT2D eigenvalue weighted by Crippen LogP contribution is 2.38. The highest BCUT2D eigenvalue weighted by Gasteiger charge is 2.54. The molecule has 0 aromatic heterocycles. The van der Waals surface area contributed by atoms with Gasteiger partial charge < -0.3 is 10.0 Å². The summed E-state index contributed by atoms with van der Waals surface area (Å²) in [6.45, 7) is 1.80.